The number of hydrogen-bond donors (Lipinski definition) is 0. The predicted octanol–water partition coefficient (Wildman–Crippen LogP) is 16.7. The summed E-state index contributed by atoms with van der Waals surface area (Å²) in [6.45, 7) is 0. The summed E-state index contributed by atoms with van der Waals surface area (Å²) in [6, 6.07) is 85.4. The Morgan fingerprint density at radius 1 is 0.328 bits per heavy atom. The summed E-state index contributed by atoms with van der Waals surface area (Å²) in [4.78, 5) is 2.46. The van der Waals surface area contributed by atoms with Crippen LogP contribution in [0.15, 0.2) is 245 Å². The van der Waals surface area contributed by atoms with E-state index >= 15 is 0 Å². The molecule has 64 heavy (non-hydrogen) atoms. The molecule has 0 saturated heterocycles. The number of para-hydroxylation sites is 3. The van der Waals surface area contributed by atoms with Crippen LogP contribution in [0.2, 0.25) is 0 Å². The predicted molar refractivity (Wildman–Crippen MR) is 264 cm³/mol. The molecule has 0 bridgehead atoms. The minimum absolute atomic E-state index is 0.542. The van der Waals surface area contributed by atoms with Gasteiger partial charge in [-0.1, -0.05) is 182 Å². The molecule has 1 aliphatic rings. The summed E-state index contributed by atoms with van der Waals surface area (Å²) in [7, 11) is 0. The van der Waals surface area contributed by atoms with Gasteiger partial charge in [-0.2, -0.15) is 0 Å². The van der Waals surface area contributed by atoms with Gasteiger partial charge in [0.25, 0.3) is 0 Å². The molecule has 0 N–H and O–H groups in total. The van der Waals surface area contributed by atoms with E-state index in [1.807, 2.05) is 18.2 Å². The Balaban J connectivity index is 1.06. The van der Waals surface area contributed by atoms with Crippen molar-refractivity contribution in [1.29, 1.82) is 0 Å². The highest BCUT2D eigenvalue weighted by Crippen LogP contribution is 2.59. The number of nitrogens with zero attached hydrogens (tertiary/aromatic N) is 1. The second kappa shape index (κ2) is 14.3. The van der Waals surface area contributed by atoms with Crippen molar-refractivity contribution >= 4 is 60.9 Å². The Labute approximate surface area is 370 Å². The minimum atomic E-state index is -0.542. The van der Waals surface area contributed by atoms with E-state index in [4.69, 9.17) is 8.83 Å². The highest BCUT2D eigenvalue weighted by atomic mass is 16.3. The van der Waals surface area contributed by atoms with Gasteiger partial charge in [0.2, 0.25) is 0 Å². The second-order valence-corrected chi connectivity index (χ2v) is 16.8. The summed E-state index contributed by atoms with van der Waals surface area (Å²) >= 11 is 0. The quantitative estimate of drug-likeness (QED) is 0.160. The standard InChI is InChI=1S/C61H39NO2/c1-3-19-43(20-4-1)61(44-21-5-2-6-22-44)53-30-10-7-27-51(53)59-54(61)31-16-32-55(59)62(45-23-13-17-40(37-45)41-35-36-58-52(39-41)49-26-9-11-33-56(49)63-58)46-24-14-18-42(38-46)47-28-15-29-50-48-25-8-12-34-57(48)64-60(47)50/h1-39H. The fourth-order valence-corrected chi connectivity index (χ4v) is 10.6. The maximum atomic E-state index is 6.61. The molecule has 0 amide bonds. The number of fused-ring (bicyclic) bond motifs is 9. The van der Waals surface area contributed by atoms with E-state index in [0.717, 1.165) is 83.2 Å². The maximum absolute atomic E-state index is 6.61. The van der Waals surface area contributed by atoms with Gasteiger partial charge in [0.1, 0.15) is 22.3 Å². The molecule has 10 aromatic carbocycles. The third-order valence-electron chi connectivity index (χ3n) is 13.3. The van der Waals surface area contributed by atoms with Crippen molar-refractivity contribution in [1.82, 2.24) is 0 Å². The van der Waals surface area contributed by atoms with Gasteiger partial charge < -0.3 is 13.7 Å². The number of anilines is 3. The molecular weight excluding hydrogens is 779 g/mol. The molecule has 0 unspecified atom stereocenters. The minimum Gasteiger partial charge on any atom is -0.456 e. The smallest absolute Gasteiger partial charge is 0.143 e. The zero-order valence-electron chi connectivity index (χ0n) is 34.8. The van der Waals surface area contributed by atoms with Crippen LogP contribution in [0.3, 0.4) is 0 Å². The number of furan rings is 2. The van der Waals surface area contributed by atoms with Crippen molar-refractivity contribution in [2.45, 2.75) is 5.41 Å². The summed E-state index contributed by atoms with van der Waals surface area (Å²) in [6.07, 6.45) is 0. The molecule has 0 atom stereocenters. The first kappa shape index (κ1) is 36.3. The lowest BCUT2D eigenvalue weighted by Gasteiger charge is -2.34. The molecule has 1 aliphatic carbocycles. The Bertz CT molecular complexity index is 3710. The fourth-order valence-electron chi connectivity index (χ4n) is 10.6. The monoisotopic (exact) mass is 817 g/mol. The third kappa shape index (κ3) is 5.41. The Kier molecular flexibility index (Phi) is 8.13. The van der Waals surface area contributed by atoms with Gasteiger partial charge in [-0.15, -0.1) is 0 Å². The largest absolute Gasteiger partial charge is 0.456 e. The molecule has 0 aliphatic heterocycles. The van der Waals surface area contributed by atoms with E-state index in [-0.39, 0.29) is 0 Å². The van der Waals surface area contributed by atoms with E-state index < -0.39 is 5.41 Å². The lowest BCUT2D eigenvalue weighted by atomic mass is 9.68. The van der Waals surface area contributed by atoms with Crippen LogP contribution in [0.4, 0.5) is 17.1 Å². The second-order valence-electron chi connectivity index (χ2n) is 16.8. The van der Waals surface area contributed by atoms with Crippen LogP contribution in [0, 0.1) is 0 Å². The van der Waals surface area contributed by atoms with E-state index in [1.165, 1.54) is 33.4 Å². The van der Waals surface area contributed by atoms with Crippen molar-refractivity contribution in [2.24, 2.45) is 0 Å². The molecule has 0 spiro atoms. The van der Waals surface area contributed by atoms with E-state index in [2.05, 4.69) is 223 Å². The Morgan fingerprint density at radius 3 is 1.62 bits per heavy atom. The highest BCUT2D eigenvalue weighted by Gasteiger charge is 2.47. The molecule has 13 rings (SSSR count). The maximum Gasteiger partial charge on any atom is 0.143 e. The van der Waals surface area contributed by atoms with Gasteiger partial charge in [0, 0.05) is 44.0 Å². The van der Waals surface area contributed by atoms with Crippen molar-refractivity contribution in [2.75, 3.05) is 4.90 Å². The normalized spacial score (nSPS) is 12.8. The van der Waals surface area contributed by atoms with Gasteiger partial charge in [-0.3, -0.25) is 0 Å². The lowest BCUT2D eigenvalue weighted by molar-refractivity contribution is 0.669. The van der Waals surface area contributed by atoms with E-state index in [1.54, 1.807) is 0 Å². The highest BCUT2D eigenvalue weighted by molar-refractivity contribution is 6.10. The SMILES string of the molecule is c1ccc(C2(c3ccccc3)c3ccccc3-c3c(N(c4cccc(-c5ccc6oc7ccccc7c6c5)c4)c4cccc(-c5cccc6c5oc5ccccc56)c4)cccc32)cc1. The van der Waals surface area contributed by atoms with Crippen LogP contribution >= 0.6 is 0 Å². The molecule has 0 saturated carbocycles. The summed E-state index contributed by atoms with van der Waals surface area (Å²) in [5.74, 6) is 0. The number of benzene rings is 10. The molecule has 2 aromatic heterocycles. The molecule has 12 aromatic rings. The zero-order chi connectivity index (χ0) is 42.2. The molecule has 300 valence electrons. The summed E-state index contributed by atoms with van der Waals surface area (Å²) < 4.78 is 12.9. The molecule has 0 radical (unpaired) electrons. The van der Waals surface area contributed by atoms with Gasteiger partial charge in [0.15, 0.2) is 0 Å². The van der Waals surface area contributed by atoms with Gasteiger partial charge in [-0.05, 0) is 99.1 Å². The zero-order valence-corrected chi connectivity index (χ0v) is 34.8. The van der Waals surface area contributed by atoms with E-state index in [9.17, 15) is 0 Å². The van der Waals surface area contributed by atoms with Crippen LogP contribution in [0.25, 0.3) is 77.3 Å². The number of rotatable bonds is 7. The Hall–Kier alpha value is -8.40. The topological polar surface area (TPSA) is 29.5 Å². The van der Waals surface area contributed by atoms with Crippen LogP contribution in [0.1, 0.15) is 22.3 Å². The third-order valence-corrected chi connectivity index (χ3v) is 13.3. The first-order valence-electron chi connectivity index (χ1n) is 21.9. The average molecular weight is 818 g/mol. The molecular formula is C61H39NO2. The van der Waals surface area contributed by atoms with Crippen LogP contribution in [-0.4, -0.2) is 0 Å². The van der Waals surface area contributed by atoms with Crippen LogP contribution in [-0.2, 0) is 5.41 Å². The van der Waals surface area contributed by atoms with E-state index in [0.29, 0.717) is 0 Å². The first-order chi connectivity index (χ1) is 31.7. The Morgan fingerprint density at radius 2 is 0.859 bits per heavy atom. The van der Waals surface area contributed by atoms with Crippen molar-refractivity contribution in [3.8, 4) is 33.4 Å². The summed E-state index contributed by atoms with van der Waals surface area (Å²) in [5.41, 5.74) is 18.0. The fraction of sp³-hybridized carbons (Fsp3) is 0.0164. The summed E-state index contributed by atoms with van der Waals surface area (Å²) in [5, 5.41) is 4.46. The molecule has 0 fully saturated rings. The van der Waals surface area contributed by atoms with Crippen molar-refractivity contribution < 1.29 is 8.83 Å². The molecule has 3 nitrogen and oxygen atoms in total. The van der Waals surface area contributed by atoms with Gasteiger partial charge in [-0.25, -0.2) is 0 Å². The van der Waals surface area contributed by atoms with Crippen molar-refractivity contribution in [3.63, 3.8) is 0 Å². The number of hydrogen-bond acceptors (Lipinski definition) is 3. The van der Waals surface area contributed by atoms with Crippen LogP contribution < -0.4 is 4.90 Å². The van der Waals surface area contributed by atoms with Gasteiger partial charge in [0.05, 0.1) is 11.1 Å². The average Bonchev–Trinajstić information content (AvgIpc) is 4.03. The van der Waals surface area contributed by atoms with Gasteiger partial charge >= 0.3 is 0 Å². The molecule has 3 heteroatoms. The van der Waals surface area contributed by atoms with Crippen molar-refractivity contribution in [3.05, 3.63) is 259 Å². The first-order valence-corrected chi connectivity index (χ1v) is 21.9. The molecule has 2 heterocycles. The van der Waals surface area contributed by atoms with Crippen LogP contribution in [0.5, 0.6) is 0 Å². The lowest BCUT2D eigenvalue weighted by Crippen LogP contribution is -2.28.